The molecule has 1 heterocycles. The van der Waals surface area contributed by atoms with Gasteiger partial charge in [-0.1, -0.05) is 18.2 Å². The normalized spacial score (nSPS) is 10.3. The number of ether oxygens (including phenoxy) is 1. The number of hydrogen-bond donors (Lipinski definition) is 2. The molecule has 7 heteroatoms. The molecule has 0 aliphatic rings. The molecule has 1 aromatic carbocycles. The van der Waals surface area contributed by atoms with Gasteiger partial charge in [-0.15, -0.1) is 0 Å². The maximum atomic E-state index is 13.9. The molecule has 0 saturated carbocycles. The lowest BCUT2D eigenvalue weighted by atomic mass is 10.2. The number of methoxy groups -OCH3 is 1. The van der Waals surface area contributed by atoms with Crippen LogP contribution in [0.3, 0.4) is 0 Å². The van der Waals surface area contributed by atoms with Crippen molar-refractivity contribution in [1.29, 1.82) is 0 Å². The van der Waals surface area contributed by atoms with E-state index in [1.165, 1.54) is 0 Å². The van der Waals surface area contributed by atoms with Crippen molar-refractivity contribution in [2.75, 3.05) is 24.5 Å². The van der Waals surface area contributed by atoms with Crippen molar-refractivity contribution >= 4 is 11.6 Å². The Kier molecular flexibility index (Phi) is 4.54. The SMILES string of the molecule is COc1ccccc1CN(C)c1nc(NN)c(F)cc1F. The van der Waals surface area contributed by atoms with E-state index in [2.05, 4.69) is 10.4 Å². The summed E-state index contributed by atoms with van der Waals surface area (Å²) in [6.07, 6.45) is 0. The third kappa shape index (κ3) is 3.19. The molecular weight excluding hydrogens is 278 g/mol. The Morgan fingerprint density at radius 2 is 2.00 bits per heavy atom. The van der Waals surface area contributed by atoms with Crippen LogP contribution in [0.15, 0.2) is 30.3 Å². The number of hydrazine groups is 1. The second-order valence-corrected chi connectivity index (χ2v) is 4.44. The van der Waals surface area contributed by atoms with Gasteiger partial charge in [0.15, 0.2) is 23.3 Å². The van der Waals surface area contributed by atoms with Gasteiger partial charge in [0, 0.05) is 25.2 Å². The van der Waals surface area contributed by atoms with Crippen molar-refractivity contribution in [2.24, 2.45) is 5.84 Å². The molecule has 0 unspecified atom stereocenters. The summed E-state index contributed by atoms with van der Waals surface area (Å²) in [5.74, 6) is 4.02. The molecule has 0 saturated heterocycles. The lowest BCUT2D eigenvalue weighted by Gasteiger charge is -2.21. The minimum Gasteiger partial charge on any atom is -0.496 e. The Morgan fingerprint density at radius 3 is 2.67 bits per heavy atom. The molecule has 0 fully saturated rings. The van der Waals surface area contributed by atoms with Crippen LogP contribution < -0.4 is 20.9 Å². The molecule has 0 atom stereocenters. The number of hydrogen-bond acceptors (Lipinski definition) is 5. The zero-order valence-corrected chi connectivity index (χ0v) is 11.7. The van der Waals surface area contributed by atoms with Gasteiger partial charge in [0.05, 0.1) is 7.11 Å². The number of nitrogen functional groups attached to an aromatic ring is 1. The van der Waals surface area contributed by atoms with Gasteiger partial charge in [-0.05, 0) is 6.07 Å². The number of nitrogens with two attached hydrogens (primary N) is 1. The summed E-state index contributed by atoms with van der Waals surface area (Å²) in [7, 11) is 3.21. The number of halogens is 2. The number of rotatable bonds is 5. The number of para-hydroxylation sites is 1. The predicted molar refractivity (Wildman–Crippen MR) is 77.1 cm³/mol. The Balaban J connectivity index is 2.30. The van der Waals surface area contributed by atoms with E-state index in [-0.39, 0.29) is 11.6 Å². The number of anilines is 2. The minimum atomic E-state index is -0.843. The lowest BCUT2D eigenvalue weighted by molar-refractivity contribution is 0.409. The summed E-state index contributed by atoms with van der Waals surface area (Å²) in [4.78, 5) is 5.39. The van der Waals surface area contributed by atoms with Crippen molar-refractivity contribution in [1.82, 2.24) is 4.98 Å². The van der Waals surface area contributed by atoms with Crippen LogP contribution >= 0.6 is 0 Å². The van der Waals surface area contributed by atoms with Crippen LogP contribution in [0.25, 0.3) is 0 Å². The van der Waals surface area contributed by atoms with Crippen LogP contribution in [0.4, 0.5) is 20.4 Å². The van der Waals surface area contributed by atoms with E-state index in [1.807, 2.05) is 24.3 Å². The number of nitrogens with one attached hydrogen (secondary N) is 1. The Bertz CT molecular complexity index is 636. The highest BCUT2D eigenvalue weighted by Crippen LogP contribution is 2.25. The van der Waals surface area contributed by atoms with Gasteiger partial charge >= 0.3 is 0 Å². The highest BCUT2D eigenvalue weighted by Gasteiger charge is 2.16. The minimum absolute atomic E-state index is 0.00439. The average molecular weight is 294 g/mol. The third-order valence-corrected chi connectivity index (χ3v) is 3.01. The third-order valence-electron chi connectivity index (χ3n) is 3.01. The second-order valence-electron chi connectivity index (χ2n) is 4.44. The van der Waals surface area contributed by atoms with Crippen molar-refractivity contribution in [3.63, 3.8) is 0 Å². The quantitative estimate of drug-likeness (QED) is 0.654. The molecule has 1 aromatic heterocycles. The van der Waals surface area contributed by atoms with Gasteiger partial charge in [0.1, 0.15) is 5.75 Å². The zero-order valence-electron chi connectivity index (χ0n) is 11.7. The first-order valence-electron chi connectivity index (χ1n) is 6.22. The molecule has 3 N–H and O–H groups in total. The van der Waals surface area contributed by atoms with Gasteiger partial charge in [-0.2, -0.15) is 0 Å². The van der Waals surface area contributed by atoms with Gasteiger partial charge in [-0.3, -0.25) is 0 Å². The first-order valence-corrected chi connectivity index (χ1v) is 6.22. The summed E-state index contributed by atoms with van der Waals surface area (Å²) in [5.41, 5.74) is 2.96. The van der Waals surface area contributed by atoms with Crippen LogP contribution in [-0.2, 0) is 6.54 Å². The van der Waals surface area contributed by atoms with Crippen LogP contribution in [-0.4, -0.2) is 19.1 Å². The van der Waals surface area contributed by atoms with E-state index in [0.717, 1.165) is 11.6 Å². The highest BCUT2D eigenvalue weighted by atomic mass is 19.1. The topological polar surface area (TPSA) is 63.4 Å². The van der Waals surface area contributed by atoms with E-state index in [4.69, 9.17) is 10.6 Å². The van der Waals surface area contributed by atoms with Gasteiger partial charge in [0.25, 0.3) is 0 Å². The maximum Gasteiger partial charge on any atom is 0.178 e. The second kappa shape index (κ2) is 6.36. The summed E-state index contributed by atoms with van der Waals surface area (Å²) in [6.45, 7) is 0.351. The Morgan fingerprint density at radius 1 is 1.29 bits per heavy atom. The molecule has 0 aliphatic carbocycles. The van der Waals surface area contributed by atoms with Crippen LogP contribution in [0.1, 0.15) is 5.56 Å². The molecule has 0 amide bonds. The molecule has 0 bridgehead atoms. The van der Waals surface area contributed by atoms with Gasteiger partial charge < -0.3 is 15.1 Å². The Labute approximate surface area is 121 Å². The predicted octanol–water partition coefficient (Wildman–Crippen LogP) is 2.29. The lowest BCUT2D eigenvalue weighted by Crippen LogP contribution is -2.21. The number of pyridine rings is 1. The van der Waals surface area contributed by atoms with Crippen LogP contribution in [0.5, 0.6) is 5.75 Å². The Hall–Kier alpha value is -2.41. The molecule has 0 spiro atoms. The fourth-order valence-corrected chi connectivity index (χ4v) is 1.99. The standard InChI is InChI=1S/C14H16F2N4O/c1-20(8-9-5-3-4-6-12(9)21-2)14-11(16)7-10(15)13(18-14)19-17/h3-7H,8,17H2,1-2H3,(H,18,19). The molecule has 0 radical (unpaired) electrons. The number of nitrogens with zero attached hydrogens (tertiary/aromatic N) is 2. The summed E-state index contributed by atoms with van der Waals surface area (Å²) in [6, 6.07) is 8.11. The molecule has 2 rings (SSSR count). The van der Waals surface area contributed by atoms with Crippen LogP contribution in [0.2, 0.25) is 0 Å². The van der Waals surface area contributed by atoms with E-state index >= 15 is 0 Å². The number of aromatic nitrogens is 1. The van der Waals surface area contributed by atoms with Crippen molar-refractivity contribution in [3.8, 4) is 5.75 Å². The monoisotopic (exact) mass is 294 g/mol. The number of benzene rings is 1. The first-order chi connectivity index (χ1) is 10.1. The molecule has 0 aliphatic heterocycles. The largest absolute Gasteiger partial charge is 0.496 e. The smallest absolute Gasteiger partial charge is 0.178 e. The first kappa shape index (κ1) is 15.0. The molecule has 5 nitrogen and oxygen atoms in total. The van der Waals surface area contributed by atoms with Crippen molar-refractivity contribution in [3.05, 3.63) is 47.5 Å². The van der Waals surface area contributed by atoms with E-state index in [0.29, 0.717) is 12.3 Å². The fourth-order valence-electron chi connectivity index (χ4n) is 1.99. The van der Waals surface area contributed by atoms with Crippen molar-refractivity contribution in [2.45, 2.75) is 6.54 Å². The van der Waals surface area contributed by atoms with Gasteiger partial charge in [-0.25, -0.2) is 19.6 Å². The summed E-state index contributed by atoms with van der Waals surface area (Å²) in [5, 5.41) is 0. The highest BCUT2D eigenvalue weighted by molar-refractivity contribution is 5.49. The molecule has 2 aromatic rings. The van der Waals surface area contributed by atoms with E-state index in [9.17, 15) is 8.78 Å². The summed E-state index contributed by atoms with van der Waals surface area (Å²) < 4.78 is 32.5. The van der Waals surface area contributed by atoms with E-state index < -0.39 is 11.6 Å². The molecule has 112 valence electrons. The van der Waals surface area contributed by atoms with Gasteiger partial charge in [0.2, 0.25) is 0 Å². The molecular formula is C14H16F2N4O. The summed E-state index contributed by atoms with van der Waals surface area (Å²) >= 11 is 0. The fraction of sp³-hybridized carbons (Fsp3) is 0.214. The maximum absolute atomic E-state index is 13.9. The average Bonchev–Trinajstić information content (AvgIpc) is 2.47. The molecule has 21 heavy (non-hydrogen) atoms. The van der Waals surface area contributed by atoms with Crippen LogP contribution in [0, 0.1) is 11.6 Å². The zero-order chi connectivity index (χ0) is 15.4. The van der Waals surface area contributed by atoms with E-state index in [1.54, 1.807) is 19.1 Å². The van der Waals surface area contributed by atoms with Crippen molar-refractivity contribution < 1.29 is 13.5 Å².